The fraction of sp³-hybridized carbons (Fsp3) is 0. The van der Waals surface area contributed by atoms with Gasteiger partial charge < -0.3 is 25.3 Å². The molecule has 8 nitrogen and oxygen atoms in total. The first kappa shape index (κ1) is 35.0. The predicted molar refractivity (Wildman–Crippen MR) is 215 cm³/mol. The summed E-state index contributed by atoms with van der Waals surface area (Å²) in [6, 6.07) is 50.0. The molecule has 0 saturated heterocycles. The van der Waals surface area contributed by atoms with Gasteiger partial charge in [-0.05, 0) is 68.8 Å². The van der Waals surface area contributed by atoms with Crippen molar-refractivity contribution < 1.29 is 5.09 Å². The van der Waals surface area contributed by atoms with E-state index in [0.29, 0.717) is 0 Å². The van der Waals surface area contributed by atoms with Crippen LogP contribution >= 0.6 is 0 Å². The molecule has 5 heterocycles. The van der Waals surface area contributed by atoms with E-state index in [-0.39, 0.29) is 26.2 Å². The molecule has 252 valence electrons. The fourth-order valence-corrected chi connectivity index (χ4v) is 6.69. The molecule has 0 N–H and O–H groups in total. The van der Waals surface area contributed by atoms with Gasteiger partial charge in [0, 0.05) is 0 Å². The average Bonchev–Trinajstić information content (AvgIpc) is 4.01. The summed E-state index contributed by atoms with van der Waals surface area (Å²) in [5, 5.41) is 14.8. The second-order valence-electron chi connectivity index (χ2n) is 12.1. The van der Waals surface area contributed by atoms with Gasteiger partial charge in [0.05, 0.1) is 27.9 Å². The molecule has 8 bridgehead atoms. The third-order valence-electron chi connectivity index (χ3n) is 8.86. The maximum atomic E-state index is 8.25. The summed E-state index contributed by atoms with van der Waals surface area (Å²) in [6.07, 6.45) is 8.41. The molecule has 0 aliphatic carbocycles. The van der Waals surface area contributed by atoms with Gasteiger partial charge in [-0.2, -0.15) is 0 Å². The number of hydrogen-bond acceptors (Lipinski definition) is 5. The number of fused-ring (bicyclic) bond motifs is 8. The molecule has 9 heteroatoms. The molecular formula is C44H28BiN5O3. The van der Waals surface area contributed by atoms with Crippen molar-refractivity contribution in [3.05, 3.63) is 184 Å². The van der Waals surface area contributed by atoms with Crippen LogP contribution < -0.4 is 9.97 Å². The first-order valence-corrected chi connectivity index (χ1v) is 16.6. The summed E-state index contributed by atoms with van der Waals surface area (Å²) < 4.78 is 0. The van der Waals surface area contributed by atoms with Gasteiger partial charge in [0.1, 0.15) is 0 Å². The SMILES string of the molecule is C1=Cc2nc1c(-c1ccccc1)c1ccc([n-]1)c(-c1ccccc1)c1nc(c(-c3ccccc3)c3ccc([n-]3)c2-c2ccccc2)C=C1.O=[N+]([O-])[O-].[Bi+3]. The van der Waals surface area contributed by atoms with E-state index in [9.17, 15) is 0 Å². The minimum Gasteiger partial charge on any atom is -0.657 e. The van der Waals surface area contributed by atoms with Crippen molar-refractivity contribution in [2.24, 2.45) is 0 Å². The van der Waals surface area contributed by atoms with E-state index in [4.69, 9.17) is 35.3 Å². The number of rotatable bonds is 4. The van der Waals surface area contributed by atoms with Crippen molar-refractivity contribution in [2.45, 2.75) is 0 Å². The molecule has 9 rings (SSSR count). The predicted octanol–water partition coefficient (Wildman–Crippen LogP) is 9.96. The topological polar surface area (TPSA) is 120 Å². The summed E-state index contributed by atoms with van der Waals surface area (Å²) in [5.41, 5.74) is 15.0. The largest absolute Gasteiger partial charge is 3.00 e. The number of hydrogen-bond donors (Lipinski definition) is 0. The minimum absolute atomic E-state index is 0. The van der Waals surface area contributed by atoms with Crippen LogP contribution in [0.1, 0.15) is 22.8 Å². The molecule has 0 atom stereocenters. The normalized spacial score (nSPS) is 11.3. The van der Waals surface area contributed by atoms with Crippen LogP contribution in [0, 0.1) is 15.3 Å². The van der Waals surface area contributed by atoms with Crippen LogP contribution in [-0.2, 0) is 0 Å². The van der Waals surface area contributed by atoms with Gasteiger partial charge in [-0.3, -0.25) is 0 Å². The van der Waals surface area contributed by atoms with E-state index in [1.165, 1.54) is 0 Å². The summed E-state index contributed by atoms with van der Waals surface area (Å²) in [7, 11) is 0. The molecule has 7 aromatic rings. The van der Waals surface area contributed by atoms with Crippen LogP contribution in [0.2, 0.25) is 0 Å². The molecule has 2 aliphatic heterocycles. The first-order chi connectivity index (χ1) is 25.5. The molecule has 0 unspecified atom stereocenters. The Morgan fingerprint density at radius 1 is 0.377 bits per heavy atom. The minimum atomic E-state index is -1.75. The van der Waals surface area contributed by atoms with Crippen LogP contribution in [0.4, 0.5) is 0 Å². The van der Waals surface area contributed by atoms with E-state index >= 15 is 0 Å². The zero-order valence-corrected chi connectivity index (χ0v) is 31.6. The molecule has 3 aromatic heterocycles. The van der Waals surface area contributed by atoms with Gasteiger partial charge in [0.25, 0.3) is 0 Å². The van der Waals surface area contributed by atoms with Crippen molar-refractivity contribution in [3.8, 4) is 44.5 Å². The van der Waals surface area contributed by atoms with Crippen LogP contribution in [0.25, 0.3) is 90.9 Å². The first-order valence-electron chi connectivity index (χ1n) is 16.6. The second-order valence-corrected chi connectivity index (χ2v) is 12.1. The van der Waals surface area contributed by atoms with Gasteiger partial charge >= 0.3 is 26.2 Å². The van der Waals surface area contributed by atoms with Crippen molar-refractivity contribution in [2.75, 3.05) is 0 Å². The third-order valence-corrected chi connectivity index (χ3v) is 8.86. The summed E-state index contributed by atoms with van der Waals surface area (Å²) in [6.45, 7) is 0. The molecule has 53 heavy (non-hydrogen) atoms. The summed E-state index contributed by atoms with van der Waals surface area (Å²) >= 11 is 0. The van der Waals surface area contributed by atoms with E-state index in [1.54, 1.807) is 0 Å². The van der Waals surface area contributed by atoms with Crippen molar-refractivity contribution in [1.82, 2.24) is 19.9 Å². The Labute approximate surface area is 324 Å². The number of benzene rings is 4. The van der Waals surface area contributed by atoms with E-state index in [0.717, 1.165) is 89.4 Å². The van der Waals surface area contributed by atoms with Crippen LogP contribution in [-0.4, -0.2) is 41.3 Å². The fourth-order valence-electron chi connectivity index (χ4n) is 6.69. The van der Waals surface area contributed by atoms with Gasteiger partial charge in [-0.25, -0.2) is 9.97 Å². The van der Waals surface area contributed by atoms with Crippen LogP contribution in [0.15, 0.2) is 146 Å². The molecule has 0 amide bonds. The van der Waals surface area contributed by atoms with Crippen LogP contribution in [0.5, 0.6) is 0 Å². The van der Waals surface area contributed by atoms with Gasteiger partial charge in [0.2, 0.25) is 0 Å². The summed E-state index contributed by atoms with van der Waals surface area (Å²) in [4.78, 5) is 29.5. The Bertz CT molecular complexity index is 2300. The van der Waals surface area contributed by atoms with Crippen LogP contribution in [0.3, 0.4) is 0 Å². The monoisotopic (exact) mass is 883 g/mol. The van der Waals surface area contributed by atoms with Crippen molar-refractivity contribution in [3.63, 3.8) is 0 Å². The van der Waals surface area contributed by atoms with Gasteiger partial charge in [-0.15, -0.1) is 22.1 Å². The number of nitrogens with zero attached hydrogens (tertiary/aromatic N) is 5. The third kappa shape index (κ3) is 7.20. The molecular weight excluding hydrogens is 855 g/mol. The molecule has 0 saturated carbocycles. The number of aromatic nitrogens is 4. The van der Waals surface area contributed by atoms with Gasteiger partial charge in [-0.1, -0.05) is 146 Å². The molecule has 4 aromatic carbocycles. The molecule has 2 aliphatic rings. The van der Waals surface area contributed by atoms with Crippen molar-refractivity contribution in [1.29, 1.82) is 0 Å². The van der Waals surface area contributed by atoms with E-state index < -0.39 is 5.09 Å². The Hall–Kier alpha value is -6.44. The Morgan fingerprint density at radius 2 is 0.585 bits per heavy atom. The second kappa shape index (κ2) is 15.4. The van der Waals surface area contributed by atoms with E-state index in [1.807, 2.05) is 24.3 Å². The Morgan fingerprint density at radius 3 is 0.792 bits per heavy atom. The van der Waals surface area contributed by atoms with Gasteiger partial charge in [0.15, 0.2) is 0 Å². The Balaban J connectivity index is 0.000000831. The average molecular weight is 884 g/mol. The maximum absolute atomic E-state index is 8.25. The zero-order valence-electron chi connectivity index (χ0n) is 28.1. The Kier molecular flexibility index (Phi) is 10.2. The zero-order chi connectivity index (χ0) is 35.4. The van der Waals surface area contributed by atoms with E-state index in [2.05, 4.69) is 146 Å². The smallest absolute Gasteiger partial charge is 0.657 e. The van der Waals surface area contributed by atoms with Crippen molar-refractivity contribution >= 4 is 72.6 Å². The molecule has 0 fully saturated rings. The standard InChI is InChI=1S/C44H28N4.Bi.NO3/c1-5-13-29(14-6-1)41-33-21-23-35(45-33)42(30-15-7-2-8-16-30)37-25-27-39(47-37)44(32-19-11-4-12-20-32)40-28-26-38(48-40)43(31-17-9-3-10-18-31)36-24-22-34(41)46-36;;2-1(3)4/h1-28H;;/q-2;+3;-1. The maximum Gasteiger partial charge on any atom is 3.00 e. The summed E-state index contributed by atoms with van der Waals surface area (Å²) in [5.74, 6) is 0. The quantitative estimate of drug-likeness (QED) is 0.0981. The molecule has 0 spiro atoms. The molecule has 2 radical (unpaired) electrons.